The van der Waals surface area contributed by atoms with Crippen LogP contribution >= 0.6 is 11.6 Å². The van der Waals surface area contributed by atoms with E-state index in [-0.39, 0.29) is 19.6 Å². The van der Waals surface area contributed by atoms with Gasteiger partial charge in [0, 0.05) is 29.6 Å². The van der Waals surface area contributed by atoms with E-state index >= 15 is 0 Å². The molecule has 6 rings (SSSR count). The Bertz CT molecular complexity index is 2110. The first-order valence-electron chi connectivity index (χ1n) is 17.8. The van der Waals surface area contributed by atoms with E-state index in [4.69, 9.17) is 26.2 Å². The smallest absolute Gasteiger partial charge is 0.305 e. The van der Waals surface area contributed by atoms with Crippen molar-refractivity contribution in [2.24, 2.45) is 0 Å². The topological polar surface area (TPSA) is 155 Å². The van der Waals surface area contributed by atoms with Crippen molar-refractivity contribution in [2.75, 3.05) is 13.1 Å². The Balaban J connectivity index is 1.21. The molecule has 3 heterocycles. The van der Waals surface area contributed by atoms with Gasteiger partial charge in [0.15, 0.2) is 0 Å². The second-order valence-electron chi connectivity index (χ2n) is 13.4. The highest BCUT2D eigenvalue weighted by Gasteiger charge is 2.20. The molecule has 2 aromatic heterocycles. The number of benzene rings is 3. The third-order valence-corrected chi connectivity index (χ3v) is 10.0. The van der Waals surface area contributed by atoms with Crippen LogP contribution in [0.25, 0.3) is 22.4 Å². The van der Waals surface area contributed by atoms with Gasteiger partial charge in [-0.15, -0.1) is 5.10 Å². The quantitative estimate of drug-likeness (QED) is 0.0992. The summed E-state index contributed by atoms with van der Waals surface area (Å²) in [4.78, 5) is 15.1. The number of halogens is 1. The Morgan fingerprint density at radius 3 is 2.51 bits per heavy atom. The monoisotopic (exact) mass is 734 g/mol. The lowest BCUT2D eigenvalue weighted by Gasteiger charge is -2.22. The highest BCUT2D eigenvalue weighted by molar-refractivity contribution is 6.32. The zero-order valence-corrected chi connectivity index (χ0v) is 30.6. The minimum Gasteiger partial charge on any atom is -0.488 e. The lowest BCUT2D eigenvalue weighted by molar-refractivity contribution is -0.139. The molecule has 0 bridgehead atoms. The van der Waals surface area contributed by atoms with Crippen molar-refractivity contribution in [3.8, 4) is 40.0 Å². The fraction of sp³-hybridized carbons (Fsp3) is 0.341. The number of aliphatic hydroxyl groups excluding tert-OH is 1. The summed E-state index contributed by atoms with van der Waals surface area (Å²) in [5.41, 5.74) is 9.27. The van der Waals surface area contributed by atoms with Gasteiger partial charge in [-0.1, -0.05) is 53.2 Å². The summed E-state index contributed by atoms with van der Waals surface area (Å²) in [7, 11) is 0. The van der Waals surface area contributed by atoms with Gasteiger partial charge in [0.2, 0.25) is 0 Å². The van der Waals surface area contributed by atoms with Crippen LogP contribution in [0.4, 0.5) is 0 Å². The number of nitrogens with one attached hydrogen (secondary N) is 1. The molecule has 12 heteroatoms. The van der Waals surface area contributed by atoms with Gasteiger partial charge in [-0.3, -0.25) is 9.78 Å². The fourth-order valence-electron chi connectivity index (χ4n) is 6.78. The molecule has 0 unspecified atom stereocenters. The normalized spacial score (nSPS) is 13.7. The number of pyridine rings is 1. The fourth-order valence-corrected chi connectivity index (χ4v) is 7.02. The molecule has 0 saturated carbocycles. The van der Waals surface area contributed by atoms with E-state index in [1.165, 1.54) is 6.20 Å². The summed E-state index contributed by atoms with van der Waals surface area (Å²) >= 11 is 6.78. The Labute approximate surface area is 314 Å². The number of hydrogen-bond acceptors (Lipinski definition) is 9. The second kappa shape index (κ2) is 17.5. The van der Waals surface area contributed by atoms with E-state index in [0.717, 1.165) is 76.1 Å². The maximum atomic E-state index is 11.0. The maximum absolute atomic E-state index is 11.0. The van der Waals surface area contributed by atoms with Crippen LogP contribution in [0.3, 0.4) is 0 Å². The predicted octanol–water partition coefficient (Wildman–Crippen LogP) is 7.39. The van der Waals surface area contributed by atoms with Gasteiger partial charge >= 0.3 is 5.97 Å². The molecule has 0 amide bonds. The predicted molar refractivity (Wildman–Crippen MR) is 202 cm³/mol. The number of aryl methyl sites for hydroxylation is 1. The minimum atomic E-state index is -1.04. The average Bonchev–Trinajstić information content (AvgIpc) is 3.65. The molecule has 0 radical (unpaired) electrons. The number of nitriles is 1. The molecule has 1 saturated heterocycles. The largest absolute Gasteiger partial charge is 0.488 e. The number of aliphatic hydroxyl groups is 1. The average molecular weight is 735 g/mol. The summed E-state index contributed by atoms with van der Waals surface area (Å²) in [5.74, 6) is -0.0633. The number of piperidine rings is 1. The summed E-state index contributed by atoms with van der Waals surface area (Å²) in [6.07, 6.45) is 7.35. The summed E-state index contributed by atoms with van der Waals surface area (Å²) in [6, 6.07) is 20.2. The number of aliphatic carboxylic acids is 1. The SMILES string of the molecule is Cc1c(COc2cc(OCc3cncc(C#N)c3)c(CCC[C@@H](O)CC(=O)O)cc2Cl)cccc1-c1cccc(-c2cn(C3CCNCC3)nn2)c1C. The molecule has 1 aliphatic heterocycles. The van der Waals surface area contributed by atoms with Crippen LogP contribution in [0.15, 0.2) is 73.2 Å². The standard InChI is InChI=1S/C41H43ClN6O5/c1-26-31(7-4-9-34(26)35-10-5-11-36(27(35)2)38-23-48(47-46-38)32-12-14-44-15-13-32)25-53-40-19-39(52-24-29-16-28(20-43)21-45-22-29)30(17-37(40)42)6-3-8-33(49)18-41(50)51/h4-5,7,9-11,16-17,19,21-23,32-33,44,49H,3,6,8,12-15,18,24-25H2,1-2H3,(H,50,51)/t33-/m1/s1. The van der Waals surface area contributed by atoms with Gasteiger partial charge in [0.1, 0.15) is 36.5 Å². The van der Waals surface area contributed by atoms with Crippen molar-refractivity contribution in [2.45, 2.75) is 77.7 Å². The first-order chi connectivity index (χ1) is 25.7. The van der Waals surface area contributed by atoms with Crippen LogP contribution in [0, 0.1) is 25.2 Å². The molecule has 53 heavy (non-hydrogen) atoms. The molecule has 1 atom stereocenters. The molecule has 1 aliphatic rings. The molecular weight excluding hydrogens is 692 g/mol. The number of rotatable bonds is 15. The molecule has 3 N–H and O–H groups in total. The van der Waals surface area contributed by atoms with E-state index in [0.29, 0.717) is 47.4 Å². The van der Waals surface area contributed by atoms with Gasteiger partial charge in [-0.25, -0.2) is 4.68 Å². The second-order valence-corrected chi connectivity index (χ2v) is 13.8. The molecular formula is C41H43ClN6O5. The van der Waals surface area contributed by atoms with Crippen LogP contribution < -0.4 is 14.8 Å². The molecule has 0 aliphatic carbocycles. The first kappa shape index (κ1) is 37.5. The van der Waals surface area contributed by atoms with Gasteiger partial charge in [0.05, 0.1) is 35.3 Å². The molecule has 11 nitrogen and oxygen atoms in total. The molecule has 274 valence electrons. The number of ether oxygens (including phenoxy) is 2. The highest BCUT2D eigenvalue weighted by atomic mass is 35.5. The third-order valence-electron chi connectivity index (χ3n) is 9.75. The van der Waals surface area contributed by atoms with Crippen LogP contribution in [0.1, 0.15) is 71.5 Å². The maximum Gasteiger partial charge on any atom is 0.305 e. The van der Waals surface area contributed by atoms with Crippen molar-refractivity contribution >= 4 is 17.6 Å². The van der Waals surface area contributed by atoms with Gasteiger partial charge in [-0.2, -0.15) is 5.26 Å². The third kappa shape index (κ3) is 9.40. The molecule has 0 spiro atoms. The van der Waals surface area contributed by atoms with Crippen molar-refractivity contribution in [3.63, 3.8) is 0 Å². The van der Waals surface area contributed by atoms with Crippen LogP contribution in [0.5, 0.6) is 11.5 Å². The number of nitrogens with zero attached hydrogens (tertiary/aromatic N) is 5. The Hall–Kier alpha value is -5.28. The number of carboxylic acid groups (broad SMARTS) is 1. The Kier molecular flexibility index (Phi) is 12.4. The van der Waals surface area contributed by atoms with Crippen molar-refractivity contribution in [3.05, 3.63) is 112 Å². The molecule has 5 aromatic rings. The Morgan fingerprint density at radius 2 is 1.74 bits per heavy atom. The van der Waals surface area contributed by atoms with E-state index in [1.54, 1.807) is 24.4 Å². The van der Waals surface area contributed by atoms with Gasteiger partial charge < -0.3 is 25.0 Å². The zero-order chi connectivity index (χ0) is 37.3. The lowest BCUT2D eigenvalue weighted by atomic mass is 9.91. The number of hydrogen-bond donors (Lipinski definition) is 3. The van der Waals surface area contributed by atoms with E-state index in [9.17, 15) is 15.2 Å². The lowest BCUT2D eigenvalue weighted by Crippen LogP contribution is -2.29. The summed E-state index contributed by atoms with van der Waals surface area (Å²) in [6.45, 7) is 6.61. The van der Waals surface area contributed by atoms with Crippen molar-refractivity contribution in [1.82, 2.24) is 25.3 Å². The molecule has 3 aromatic carbocycles. The van der Waals surface area contributed by atoms with Gasteiger partial charge in [0.25, 0.3) is 0 Å². The highest BCUT2D eigenvalue weighted by Crippen LogP contribution is 2.37. The summed E-state index contributed by atoms with van der Waals surface area (Å²) in [5, 5.41) is 41.3. The van der Waals surface area contributed by atoms with E-state index in [1.807, 2.05) is 16.8 Å². The Morgan fingerprint density at radius 1 is 1.00 bits per heavy atom. The first-order valence-corrected chi connectivity index (χ1v) is 18.2. The number of carboxylic acids is 1. The number of carbonyl (C=O) groups is 1. The zero-order valence-electron chi connectivity index (χ0n) is 29.9. The van der Waals surface area contributed by atoms with E-state index in [2.05, 4.69) is 71.0 Å². The molecule has 1 fully saturated rings. The van der Waals surface area contributed by atoms with Crippen molar-refractivity contribution < 1.29 is 24.5 Å². The number of aromatic nitrogens is 4. The van der Waals surface area contributed by atoms with Crippen LogP contribution in [-0.2, 0) is 24.4 Å². The van der Waals surface area contributed by atoms with Gasteiger partial charge in [-0.05, 0) is 105 Å². The van der Waals surface area contributed by atoms with Crippen LogP contribution in [-0.4, -0.2) is 55.4 Å². The van der Waals surface area contributed by atoms with Crippen molar-refractivity contribution in [1.29, 1.82) is 5.26 Å². The van der Waals surface area contributed by atoms with E-state index < -0.39 is 12.1 Å². The minimum absolute atomic E-state index is 0.159. The summed E-state index contributed by atoms with van der Waals surface area (Å²) < 4.78 is 14.6. The van der Waals surface area contributed by atoms with Crippen LogP contribution in [0.2, 0.25) is 5.02 Å².